The van der Waals surface area contributed by atoms with Crippen molar-refractivity contribution >= 4 is 6.29 Å². The van der Waals surface area contributed by atoms with Crippen molar-refractivity contribution in [2.24, 2.45) is 0 Å². The summed E-state index contributed by atoms with van der Waals surface area (Å²) in [5.41, 5.74) is 2.87. The summed E-state index contributed by atoms with van der Waals surface area (Å²) in [6.07, 6.45) is 2.48. The summed E-state index contributed by atoms with van der Waals surface area (Å²) in [6, 6.07) is 7.55. The normalized spacial score (nSPS) is 10.3. The van der Waals surface area contributed by atoms with Crippen molar-refractivity contribution in [1.29, 1.82) is 0 Å². The minimum Gasteiger partial charge on any atom is -0.303 e. The lowest BCUT2D eigenvalue weighted by Crippen LogP contribution is -2.01. The van der Waals surface area contributed by atoms with Gasteiger partial charge in [-0.15, -0.1) is 0 Å². The van der Waals surface area contributed by atoms with Gasteiger partial charge >= 0.3 is 0 Å². The van der Waals surface area contributed by atoms with Gasteiger partial charge in [-0.2, -0.15) is 0 Å². The highest BCUT2D eigenvalue weighted by Gasteiger charge is 2.04. The zero-order valence-corrected chi connectivity index (χ0v) is 8.77. The molecular formula is C12H12N2O. The average Bonchev–Trinajstić information content (AvgIpc) is 2.59. The molecule has 3 nitrogen and oxygen atoms in total. The van der Waals surface area contributed by atoms with Gasteiger partial charge < -0.3 is 4.57 Å². The van der Waals surface area contributed by atoms with Gasteiger partial charge in [0.15, 0.2) is 0 Å². The van der Waals surface area contributed by atoms with Crippen LogP contribution >= 0.6 is 0 Å². The van der Waals surface area contributed by atoms with Crippen LogP contribution in [0.25, 0.3) is 5.82 Å². The van der Waals surface area contributed by atoms with Crippen molar-refractivity contribution in [2.75, 3.05) is 0 Å². The molecular weight excluding hydrogens is 188 g/mol. The van der Waals surface area contributed by atoms with E-state index in [1.807, 2.05) is 30.5 Å². The standard InChI is InChI=1S/C12H12N2O/c1-9-3-4-10(2)14(9)12-7-11(8-15)5-6-13-12/h3-8H,1-2H3. The van der Waals surface area contributed by atoms with Crippen molar-refractivity contribution in [3.63, 3.8) is 0 Å². The van der Waals surface area contributed by atoms with E-state index in [-0.39, 0.29) is 0 Å². The summed E-state index contributed by atoms with van der Waals surface area (Å²) in [6.45, 7) is 4.03. The highest BCUT2D eigenvalue weighted by Crippen LogP contribution is 2.14. The molecule has 0 aliphatic heterocycles. The molecule has 0 N–H and O–H groups in total. The molecule has 2 heterocycles. The van der Waals surface area contributed by atoms with Gasteiger partial charge in [-0.1, -0.05) is 0 Å². The third-order valence-electron chi connectivity index (χ3n) is 2.41. The monoisotopic (exact) mass is 200 g/mol. The van der Waals surface area contributed by atoms with E-state index in [1.165, 1.54) is 0 Å². The van der Waals surface area contributed by atoms with Gasteiger partial charge in [0, 0.05) is 23.1 Å². The molecule has 0 bridgehead atoms. The number of aldehydes is 1. The molecule has 2 aromatic rings. The number of hydrogen-bond donors (Lipinski definition) is 0. The SMILES string of the molecule is Cc1ccc(C)n1-c1cc(C=O)ccn1. The van der Waals surface area contributed by atoms with Crippen molar-refractivity contribution in [3.8, 4) is 5.82 Å². The lowest BCUT2D eigenvalue weighted by Gasteiger charge is -2.07. The average molecular weight is 200 g/mol. The summed E-state index contributed by atoms with van der Waals surface area (Å²) in [7, 11) is 0. The summed E-state index contributed by atoms with van der Waals surface area (Å²) in [5.74, 6) is 0.791. The fourth-order valence-electron chi connectivity index (χ4n) is 1.66. The van der Waals surface area contributed by atoms with E-state index in [9.17, 15) is 4.79 Å². The third-order valence-corrected chi connectivity index (χ3v) is 2.41. The molecule has 2 rings (SSSR count). The molecule has 0 aliphatic carbocycles. The Morgan fingerprint density at radius 1 is 1.20 bits per heavy atom. The van der Waals surface area contributed by atoms with Crippen LogP contribution in [0.4, 0.5) is 0 Å². The second-order valence-electron chi connectivity index (χ2n) is 3.52. The molecule has 2 aromatic heterocycles. The highest BCUT2D eigenvalue weighted by molar-refractivity contribution is 5.75. The van der Waals surface area contributed by atoms with Crippen molar-refractivity contribution in [2.45, 2.75) is 13.8 Å². The summed E-state index contributed by atoms with van der Waals surface area (Å²) >= 11 is 0. The highest BCUT2D eigenvalue weighted by atomic mass is 16.1. The zero-order valence-electron chi connectivity index (χ0n) is 8.77. The molecule has 0 radical (unpaired) electrons. The van der Waals surface area contributed by atoms with Crippen LogP contribution in [0.1, 0.15) is 21.7 Å². The van der Waals surface area contributed by atoms with E-state index >= 15 is 0 Å². The Labute approximate surface area is 88.4 Å². The molecule has 0 spiro atoms. The smallest absolute Gasteiger partial charge is 0.150 e. The van der Waals surface area contributed by atoms with Gasteiger partial charge in [-0.05, 0) is 38.1 Å². The minimum atomic E-state index is 0.646. The van der Waals surface area contributed by atoms with Crippen LogP contribution in [0.2, 0.25) is 0 Å². The predicted octanol–water partition coefficient (Wildman–Crippen LogP) is 2.30. The fraction of sp³-hybridized carbons (Fsp3) is 0.167. The van der Waals surface area contributed by atoms with Crippen molar-refractivity contribution < 1.29 is 4.79 Å². The van der Waals surface area contributed by atoms with Crippen LogP contribution in [0, 0.1) is 13.8 Å². The first-order chi connectivity index (χ1) is 7.22. The second kappa shape index (κ2) is 3.69. The van der Waals surface area contributed by atoms with E-state index in [1.54, 1.807) is 18.3 Å². The molecule has 0 aromatic carbocycles. The largest absolute Gasteiger partial charge is 0.303 e. The number of aryl methyl sites for hydroxylation is 2. The van der Waals surface area contributed by atoms with Crippen LogP contribution in [-0.2, 0) is 0 Å². The Bertz CT molecular complexity index is 481. The molecule has 0 amide bonds. The van der Waals surface area contributed by atoms with Crippen LogP contribution in [-0.4, -0.2) is 15.8 Å². The van der Waals surface area contributed by atoms with Gasteiger partial charge in [0.25, 0.3) is 0 Å². The molecule has 3 heteroatoms. The fourth-order valence-corrected chi connectivity index (χ4v) is 1.66. The van der Waals surface area contributed by atoms with E-state index in [0.29, 0.717) is 5.56 Å². The van der Waals surface area contributed by atoms with E-state index < -0.39 is 0 Å². The first-order valence-electron chi connectivity index (χ1n) is 4.79. The topological polar surface area (TPSA) is 34.9 Å². The van der Waals surface area contributed by atoms with Gasteiger partial charge in [0.2, 0.25) is 0 Å². The summed E-state index contributed by atoms with van der Waals surface area (Å²) in [5, 5.41) is 0. The van der Waals surface area contributed by atoms with Crippen LogP contribution in [0.15, 0.2) is 30.5 Å². The van der Waals surface area contributed by atoms with Crippen molar-refractivity contribution in [3.05, 3.63) is 47.4 Å². The number of rotatable bonds is 2. The van der Waals surface area contributed by atoms with Gasteiger partial charge in [-0.3, -0.25) is 4.79 Å². The second-order valence-corrected chi connectivity index (χ2v) is 3.52. The first-order valence-corrected chi connectivity index (χ1v) is 4.79. The lowest BCUT2D eigenvalue weighted by atomic mass is 10.3. The van der Waals surface area contributed by atoms with Crippen LogP contribution in [0.3, 0.4) is 0 Å². The maximum atomic E-state index is 10.7. The number of pyridine rings is 1. The van der Waals surface area contributed by atoms with E-state index in [2.05, 4.69) is 4.98 Å². The molecule has 76 valence electrons. The van der Waals surface area contributed by atoms with E-state index in [4.69, 9.17) is 0 Å². The predicted molar refractivity (Wildman–Crippen MR) is 58.4 cm³/mol. The number of nitrogens with zero attached hydrogens (tertiary/aromatic N) is 2. The number of carbonyl (C=O) groups excluding carboxylic acids is 1. The Balaban J connectivity index is 2.58. The number of carbonyl (C=O) groups is 1. The Kier molecular flexibility index (Phi) is 2.37. The van der Waals surface area contributed by atoms with Crippen LogP contribution in [0.5, 0.6) is 0 Å². The van der Waals surface area contributed by atoms with Gasteiger partial charge in [-0.25, -0.2) is 4.98 Å². The minimum absolute atomic E-state index is 0.646. The maximum Gasteiger partial charge on any atom is 0.150 e. The van der Waals surface area contributed by atoms with E-state index in [0.717, 1.165) is 23.5 Å². The summed E-state index contributed by atoms with van der Waals surface area (Å²) in [4.78, 5) is 14.9. The first kappa shape index (κ1) is 9.65. The van der Waals surface area contributed by atoms with Crippen LogP contribution < -0.4 is 0 Å². The molecule has 15 heavy (non-hydrogen) atoms. The quantitative estimate of drug-likeness (QED) is 0.697. The summed E-state index contributed by atoms with van der Waals surface area (Å²) < 4.78 is 2.02. The number of hydrogen-bond acceptors (Lipinski definition) is 2. The van der Waals surface area contributed by atoms with Crippen molar-refractivity contribution in [1.82, 2.24) is 9.55 Å². The Hall–Kier alpha value is -1.90. The molecule has 0 aliphatic rings. The Morgan fingerprint density at radius 3 is 2.47 bits per heavy atom. The van der Waals surface area contributed by atoms with Gasteiger partial charge in [0.05, 0.1) is 0 Å². The number of aromatic nitrogens is 2. The maximum absolute atomic E-state index is 10.7. The molecule has 0 saturated carbocycles. The zero-order chi connectivity index (χ0) is 10.8. The van der Waals surface area contributed by atoms with Gasteiger partial charge in [0.1, 0.15) is 12.1 Å². The third kappa shape index (κ3) is 1.68. The Morgan fingerprint density at radius 2 is 1.87 bits per heavy atom. The molecule has 0 fully saturated rings. The molecule has 0 saturated heterocycles. The lowest BCUT2D eigenvalue weighted by molar-refractivity contribution is 0.112. The molecule has 0 atom stereocenters. The molecule has 0 unspecified atom stereocenters.